The average molecular weight is 290 g/mol. The minimum Gasteiger partial charge on any atom is -0.465 e. The highest BCUT2D eigenvalue weighted by Gasteiger charge is 2.52. The summed E-state index contributed by atoms with van der Waals surface area (Å²) in [5, 5.41) is 3.43. The first-order chi connectivity index (χ1) is 10.1. The quantitative estimate of drug-likeness (QED) is 0.747. The van der Waals surface area contributed by atoms with Gasteiger partial charge in [-0.2, -0.15) is 0 Å². The number of hydrogen-bond acceptors (Lipinski definition) is 4. The number of nitrogens with one attached hydrogen (secondary N) is 1. The number of hydrogen-bond donors (Lipinski definition) is 1. The molecule has 0 spiro atoms. The van der Waals surface area contributed by atoms with E-state index >= 15 is 0 Å². The van der Waals surface area contributed by atoms with E-state index in [1.165, 1.54) is 0 Å². The molecule has 0 radical (unpaired) electrons. The Hall–Kier alpha value is -1.55. The van der Waals surface area contributed by atoms with Gasteiger partial charge in [0.05, 0.1) is 6.61 Å². The molecule has 1 N–H and O–H groups in total. The van der Waals surface area contributed by atoms with E-state index in [2.05, 4.69) is 22.3 Å². The highest BCUT2D eigenvalue weighted by Crippen LogP contribution is 2.41. The van der Waals surface area contributed by atoms with Crippen molar-refractivity contribution in [1.29, 1.82) is 0 Å². The number of rotatable bonds is 8. The normalized spacial score (nSPS) is 17.1. The van der Waals surface area contributed by atoms with Gasteiger partial charge in [0.25, 0.3) is 0 Å². The molecule has 0 aliphatic heterocycles. The SMILES string of the molecule is CCNC(CN(C)c1ccccc1)(C(=O)OCC)C1CC1. The first kappa shape index (κ1) is 15.8. The molecule has 1 unspecified atom stereocenters. The van der Waals surface area contributed by atoms with Crippen molar-refractivity contribution in [3.05, 3.63) is 30.3 Å². The summed E-state index contributed by atoms with van der Waals surface area (Å²) in [5.41, 5.74) is 0.528. The van der Waals surface area contributed by atoms with Crippen LogP contribution in [0, 0.1) is 5.92 Å². The van der Waals surface area contributed by atoms with E-state index in [4.69, 9.17) is 4.74 Å². The lowest BCUT2D eigenvalue weighted by Gasteiger charge is -2.36. The number of benzene rings is 1. The van der Waals surface area contributed by atoms with Gasteiger partial charge in [0, 0.05) is 19.3 Å². The highest BCUT2D eigenvalue weighted by atomic mass is 16.5. The maximum Gasteiger partial charge on any atom is 0.328 e. The van der Waals surface area contributed by atoms with Crippen molar-refractivity contribution in [3.63, 3.8) is 0 Å². The Morgan fingerprint density at radius 1 is 1.33 bits per heavy atom. The Balaban J connectivity index is 2.20. The van der Waals surface area contributed by atoms with Gasteiger partial charge >= 0.3 is 5.97 Å². The molecule has 0 saturated heterocycles. The largest absolute Gasteiger partial charge is 0.465 e. The summed E-state index contributed by atoms with van der Waals surface area (Å²) in [6.45, 7) is 5.72. The molecule has 4 heteroatoms. The van der Waals surface area contributed by atoms with Gasteiger partial charge in [0.1, 0.15) is 5.54 Å². The molecular weight excluding hydrogens is 264 g/mol. The molecule has 0 bridgehead atoms. The summed E-state index contributed by atoms with van der Waals surface area (Å²) < 4.78 is 5.37. The van der Waals surface area contributed by atoms with Crippen LogP contribution in [0.25, 0.3) is 0 Å². The predicted molar refractivity (Wildman–Crippen MR) is 85.5 cm³/mol. The van der Waals surface area contributed by atoms with Gasteiger partial charge in [-0.15, -0.1) is 0 Å². The molecule has 1 aliphatic rings. The molecule has 0 aromatic heterocycles. The Labute approximate surface area is 127 Å². The molecule has 1 aromatic carbocycles. The van der Waals surface area contributed by atoms with E-state index in [-0.39, 0.29) is 5.97 Å². The monoisotopic (exact) mass is 290 g/mol. The van der Waals surface area contributed by atoms with E-state index in [1.54, 1.807) is 0 Å². The van der Waals surface area contributed by atoms with Crippen LogP contribution in [-0.4, -0.2) is 38.3 Å². The molecule has 2 rings (SSSR count). The summed E-state index contributed by atoms with van der Waals surface area (Å²) >= 11 is 0. The summed E-state index contributed by atoms with van der Waals surface area (Å²) in [7, 11) is 2.03. The van der Waals surface area contributed by atoms with Gasteiger partial charge in [0.2, 0.25) is 0 Å². The van der Waals surface area contributed by atoms with Crippen LogP contribution < -0.4 is 10.2 Å². The van der Waals surface area contributed by atoms with Crippen LogP contribution >= 0.6 is 0 Å². The standard InChI is InChI=1S/C17H26N2O2/c1-4-18-17(14-11-12-14,16(20)21-5-2)13-19(3)15-9-7-6-8-10-15/h6-10,14,18H,4-5,11-13H2,1-3H3. The fourth-order valence-corrected chi connectivity index (χ4v) is 2.93. The highest BCUT2D eigenvalue weighted by molar-refractivity contribution is 5.83. The second-order valence-corrected chi connectivity index (χ2v) is 5.69. The number of nitrogens with zero attached hydrogens (tertiary/aromatic N) is 1. The zero-order chi connectivity index (χ0) is 15.3. The molecule has 1 aliphatic carbocycles. The minimum absolute atomic E-state index is 0.114. The third kappa shape index (κ3) is 3.56. The molecule has 0 heterocycles. The van der Waals surface area contributed by atoms with Crippen molar-refractivity contribution in [2.45, 2.75) is 32.2 Å². The fraction of sp³-hybridized carbons (Fsp3) is 0.588. The fourth-order valence-electron chi connectivity index (χ4n) is 2.93. The van der Waals surface area contributed by atoms with Crippen LogP contribution in [0.3, 0.4) is 0 Å². The smallest absolute Gasteiger partial charge is 0.328 e. The van der Waals surface area contributed by atoms with E-state index in [1.807, 2.05) is 39.1 Å². The molecule has 116 valence electrons. The van der Waals surface area contributed by atoms with Crippen molar-refractivity contribution >= 4 is 11.7 Å². The Bertz CT molecular complexity index is 459. The van der Waals surface area contributed by atoms with Gasteiger partial charge in [-0.25, -0.2) is 4.79 Å². The molecule has 4 nitrogen and oxygen atoms in total. The number of ether oxygens (including phenoxy) is 1. The summed E-state index contributed by atoms with van der Waals surface area (Å²) in [4.78, 5) is 14.7. The van der Waals surface area contributed by atoms with E-state index < -0.39 is 5.54 Å². The summed E-state index contributed by atoms with van der Waals surface area (Å²) in [5.74, 6) is 0.264. The van der Waals surface area contributed by atoms with Gasteiger partial charge in [-0.05, 0) is 44.4 Å². The van der Waals surface area contributed by atoms with E-state index in [9.17, 15) is 4.79 Å². The van der Waals surface area contributed by atoms with Gasteiger partial charge in [-0.1, -0.05) is 25.1 Å². The van der Waals surface area contributed by atoms with Crippen molar-refractivity contribution in [3.8, 4) is 0 Å². The molecule has 1 atom stereocenters. The van der Waals surface area contributed by atoms with Crippen molar-refractivity contribution < 1.29 is 9.53 Å². The lowest BCUT2D eigenvalue weighted by molar-refractivity contribution is -0.151. The number of carbonyl (C=O) groups is 1. The summed E-state index contributed by atoms with van der Waals surface area (Å²) in [6, 6.07) is 10.2. The van der Waals surface area contributed by atoms with Crippen LogP contribution in [0.5, 0.6) is 0 Å². The topological polar surface area (TPSA) is 41.6 Å². The molecular formula is C17H26N2O2. The Kier molecular flexibility index (Phi) is 5.23. The van der Waals surface area contributed by atoms with E-state index in [0.29, 0.717) is 19.1 Å². The Morgan fingerprint density at radius 2 is 2.00 bits per heavy atom. The number of esters is 1. The third-order valence-electron chi connectivity index (χ3n) is 4.09. The molecule has 1 saturated carbocycles. The lowest BCUT2D eigenvalue weighted by Crippen LogP contribution is -2.61. The molecule has 1 aromatic rings. The first-order valence-electron chi connectivity index (χ1n) is 7.82. The van der Waals surface area contributed by atoms with Gasteiger partial charge in [0.15, 0.2) is 0 Å². The van der Waals surface area contributed by atoms with E-state index in [0.717, 1.165) is 25.1 Å². The number of likely N-dealkylation sites (N-methyl/N-ethyl adjacent to an activating group) is 2. The second-order valence-electron chi connectivity index (χ2n) is 5.69. The lowest BCUT2D eigenvalue weighted by atomic mass is 9.92. The van der Waals surface area contributed by atoms with Crippen molar-refractivity contribution in [1.82, 2.24) is 5.32 Å². The van der Waals surface area contributed by atoms with Crippen LogP contribution in [0.2, 0.25) is 0 Å². The Morgan fingerprint density at radius 3 is 2.52 bits per heavy atom. The van der Waals surface area contributed by atoms with Crippen molar-refractivity contribution in [2.24, 2.45) is 5.92 Å². The van der Waals surface area contributed by atoms with Gasteiger partial charge in [-0.3, -0.25) is 0 Å². The number of carbonyl (C=O) groups excluding carboxylic acids is 1. The number of anilines is 1. The molecule has 1 fully saturated rings. The van der Waals surface area contributed by atoms with Crippen LogP contribution in [0.1, 0.15) is 26.7 Å². The maximum atomic E-state index is 12.6. The zero-order valence-corrected chi connectivity index (χ0v) is 13.3. The molecule has 0 amide bonds. The summed E-state index contributed by atoms with van der Waals surface area (Å²) in [6.07, 6.45) is 2.18. The number of para-hydroxylation sites is 1. The van der Waals surface area contributed by atoms with Crippen LogP contribution in [0.15, 0.2) is 30.3 Å². The second kappa shape index (κ2) is 6.94. The third-order valence-corrected chi connectivity index (χ3v) is 4.09. The van der Waals surface area contributed by atoms with Crippen LogP contribution in [-0.2, 0) is 9.53 Å². The van der Waals surface area contributed by atoms with Crippen LogP contribution in [0.4, 0.5) is 5.69 Å². The average Bonchev–Trinajstić information content (AvgIpc) is 3.32. The van der Waals surface area contributed by atoms with Crippen molar-refractivity contribution in [2.75, 3.05) is 31.6 Å². The minimum atomic E-state index is -0.588. The zero-order valence-electron chi connectivity index (χ0n) is 13.3. The maximum absolute atomic E-state index is 12.6. The van der Waals surface area contributed by atoms with Gasteiger partial charge < -0.3 is 15.0 Å². The first-order valence-corrected chi connectivity index (χ1v) is 7.82. The molecule has 21 heavy (non-hydrogen) atoms. The predicted octanol–water partition coefficient (Wildman–Crippen LogP) is 2.44.